The van der Waals surface area contributed by atoms with Crippen LogP contribution in [-0.4, -0.2) is 10.8 Å². The number of rotatable bonds is 2. The van der Waals surface area contributed by atoms with Crippen molar-refractivity contribution in [3.8, 4) is 0 Å². The number of pyridine rings is 1. The van der Waals surface area contributed by atoms with Crippen molar-refractivity contribution in [1.29, 1.82) is 0 Å². The standard InChI is InChI=1S/C24H20ClN3O/c25-18-6-2-1-5-17(18)16-13-21-23(22(29)14-16)24(15-9-11-26-12-10-15)28-20-8-4-3-7-19(20)27-21/h1-12,16,24,27-28H,13-14H2/t16-,24-/m1/s1. The molecule has 4 nitrogen and oxygen atoms in total. The second-order valence-electron chi connectivity index (χ2n) is 7.47. The van der Waals surface area contributed by atoms with Gasteiger partial charge in [0.1, 0.15) is 0 Å². The molecule has 0 unspecified atom stereocenters. The first-order chi connectivity index (χ1) is 14.2. The molecule has 0 amide bonds. The highest BCUT2D eigenvalue weighted by Crippen LogP contribution is 2.45. The van der Waals surface area contributed by atoms with E-state index in [0.29, 0.717) is 11.4 Å². The second-order valence-corrected chi connectivity index (χ2v) is 7.88. The fraction of sp³-hybridized carbons (Fsp3) is 0.167. The van der Waals surface area contributed by atoms with Crippen molar-refractivity contribution in [2.24, 2.45) is 0 Å². The average Bonchev–Trinajstić information content (AvgIpc) is 2.91. The molecule has 0 fully saturated rings. The number of aromatic nitrogens is 1. The maximum Gasteiger partial charge on any atom is 0.163 e. The predicted molar refractivity (Wildman–Crippen MR) is 116 cm³/mol. The van der Waals surface area contributed by atoms with E-state index in [1.54, 1.807) is 12.4 Å². The number of nitrogens with one attached hydrogen (secondary N) is 2. The molecule has 144 valence electrons. The topological polar surface area (TPSA) is 54.0 Å². The molecule has 1 aromatic heterocycles. The van der Waals surface area contributed by atoms with Crippen LogP contribution in [0.5, 0.6) is 0 Å². The molecular weight excluding hydrogens is 382 g/mol. The molecule has 0 spiro atoms. The number of Topliss-reactive ketones (excluding diaryl/α,β-unsaturated/α-hetero) is 1. The Balaban J connectivity index is 1.62. The lowest BCUT2D eigenvalue weighted by molar-refractivity contribution is -0.116. The number of para-hydroxylation sites is 2. The van der Waals surface area contributed by atoms with Crippen LogP contribution in [0.2, 0.25) is 5.02 Å². The first-order valence-electron chi connectivity index (χ1n) is 9.74. The lowest BCUT2D eigenvalue weighted by atomic mass is 9.78. The first-order valence-corrected chi connectivity index (χ1v) is 10.1. The third-order valence-electron chi connectivity index (χ3n) is 5.69. The summed E-state index contributed by atoms with van der Waals surface area (Å²) in [7, 11) is 0. The van der Waals surface area contributed by atoms with Gasteiger partial charge in [0.25, 0.3) is 0 Å². The zero-order valence-corrected chi connectivity index (χ0v) is 16.5. The van der Waals surface area contributed by atoms with Crippen LogP contribution in [0.25, 0.3) is 0 Å². The fourth-order valence-corrected chi connectivity index (χ4v) is 4.61. The lowest BCUT2D eigenvalue weighted by Gasteiger charge is -2.30. The SMILES string of the molecule is O=C1C[C@H](c2ccccc2Cl)CC2=C1[C@@H](c1ccncc1)Nc1ccccc1N2. The van der Waals surface area contributed by atoms with Crippen molar-refractivity contribution < 1.29 is 4.79 Å². The number of halogens is 1. The van der Waals surface area contributed by atoms with Crippen molar-refractivity contribution >= 4 is 28.8 Å². The second kappa shape index (κ2) is 7.37. The molecule has 2 heterocycles. The molecule has 0 radical (unpaired) electrons. The number of allylic oxidation sites excluding steroid dienone is 1. The maximum absolute atomic E-state index is 13.4. The van der Waals surface area contributed by atoms with Crippen LogP contribution in [0.1, 0.15) is 35.9 Å². The van der Waals surface area contributed by atoms with Gasteiger partial charge < -0.3 is 10.6 Å². The number of fused-ring (bicyclic) bond motifs is 1. The van der Waals surface area contributed by atoms with Gasteiger partial charge in [-0.3, -0.25) is 9.78 Å². The summed E-state index contributed by atoms with van der Waals surface area (Å²) in [6, 6.07) is 19.6. The van der Waals surface area contributed by atoms with E-state index < -0.39 is 0 Å². The number of ketones is 1. The van der Waals surface area contributed by atoms with E-state index in [2.05, 4.69) is 15.6 Å². The van der Waals surface area contributed by atoms with Crippen molar-refractivity contribution in [2.75, 3.05) is 10.6 Å². The average molecular weight is 402 g/mol. The monoisotopic (exact) mass is 401 g/mol. The zero-order chi connectivity index (χ0) is 19.8. The molecule has 5 heteroatoms. The molecular formula is C24H20ClN3O. The minimum atomic E-state index is -0.219. The number of carbonyl (C=O) groups is 1. The Morgan fingerprint density at radius 3 is 2.41 bits per heavy atom. The van der Waals surface area contributed by atoms with Gasteiger partial charge in [-0.05, 0) is 53.8 Å². The number of anilines is 2. The van der Waals surface area contributed by atoms with Crippen LogP contribution in [0.3, 0.4) is 0 Å². The molecule has 5 rings (SSSR count). The molecule has 0 bridgehead atoms. The molecule has 0 saturated heterocycles. The predicted octanol–water partition coefficient (Wildman–Crippen LogP) is 5.71. The molecule has 0 saturated carbocycles. The van der Waals surface area contributed by atoms with Crippen LogP contribution in [0, 0.1) is 0 Å². The molecule has 3 aromatic rings. The quantitative estimate of drug-likeness (QED) is 0.577. The fourth-order valence-electron chi connectivity index (χ4n) is 4.32. The van der Waals surface area contributed by atoms with Crippen molar-refractivity contribution in [1.82, 2.24) is 4.98 Å². The summed E-state index contributed by atoms with van der Waals surface area (Å²) in [5, 5.41) is 7.84. The Morgan fingerprint density at radius 1 is 0.897 bits per heavy atom. The summed E-state index contributed by atoms with van der Waals surface area (Å²) in [5.74, 6) is 0.205. The van der Waals surface area contributed by atoms with E-state index in [0.717, 1.165) is 40.2 Å². The molecule has 1 aliphatic heterocycles. The van der Waals surface area contributed by atoms with Gasteiger partial charge in [0, 0.05) is 35.1 Å². The van der Waals surface area contributed by atoms with Gasteiger partial charge in [0.2, 0.25) is 0 Å². The summed E-state index contributed by atoms with van der Waals surface area (Å²) in [4.78, 5) is 17.5. The summed E-state index contributed by atoms with van der Waals surface area (Å²) in [6.45, 7) is 0. The van der Waals surface area contributed by atoms with Gasteiger partial charge in [0.05, 0.1) is 17.4 Å². The minimum Gasteiger partial charge on any atom is -0.372 e. The van der Waals surface area contributed by atoms with E-state index in [-0.39, 0.29) is 17.7 Å². The van der Waals surface area contributed by atoms with Crippen molar-refractivity contribution in [3.05, 3.63) is 100 Å². The zero-order valence-electron chi connectivity index (χ0n) is 15.7. The molecule has 2 atom stereocenters. The van der Waals surface area contributed by atoms with Crippen LogP contribution >= 0.6 is 11.6 Å². The van der Waals surface area contributed by atoms with Gasteiger partial charge in [-0.1, -0.05) is 41.9 Å². The van der Waals surface area contributed by atoms with Crippen LogP contribution < -0.4 is 10.6 Å². The highest BCUT2D eigenvalue weighted by atomic mass is 35.5. The molecule has 2 aliphatic rings. The lowest BCUT2D eigenvalue weighted by Crippen LogP contribution is -2.27. The summed E-state index contributed by atoms with van der Waals surface area (Å²) in [5.41, 5.74) is 5.77. The smallest absolute Gasteiger partial charge is 0.163 e. The van der Waals surface area contributed by atoms with Gasteiger partial charge in [-0.15, -0.1) is 0 Å². The van der Waals surface area contributed by atoms with E-state index in [1.165, 1.54) is 0 Å². The van der Waals surface area contributed by atoms with E-state index >= 15 is 0 Å². The third kappa shape index (κ3) is 3.30. The molecule has 2 aromatic carbocycles. The van der Waals surface area contributed by atoms with E-state index in [9.17, 15) is 4.79 Å². The Morgan fingerprint density at radius 2 is 1.62 bits per heavy atom. The summed E-state index contributed by atoms with van der Waals surface area (Å²) >= 11 is 6.45. The van der Waals surface area contributed by atoms with Gasteiger partial charge in [-0.25, -0.2) is 0 Å². The van der Waals surface area contributed by atoms with Gasteiger partial charge in [-0.2, -0.15) is 0 Å². The number of hydrogen-bond acceptors (Lipinski definition) is 4. The summed E-state index contributed by atoms with van der Waals surface area (Å²) < 4.78 is 0. The van der Waals surface area contributed by atoms with E-state index in [4.69, 9.17) is 11.6 Å². The maximum atomic E-state index is 13.4. The Labute approximate surface area is 174 Å². The molecule has 29 heavy (non-hydrogen) atoms. The van der Waals surface area contributed by atoms with Crippen molar-refractivity contribution in [3.63, 3.8) is 0 Å². The Bertz CT molecular complexity index is 1110. The number of carbonyl (C=O) groups excluding carboxylic acids is 1. The minimum absolute atomic E-state index is 0.0609. The van der Waals surface area contributed by atoms with Crippen LogP contribution in [0.4, 0.5) is 11.4 Å². The number of benzene rings is 2. The number of nitrogens with zero attached hydrogens (tertiary/aromatic N) is 1. The van der Waals surface area contributed by atoms with Gasteiger partial charge in [0.15, 0.2) is 5.78 Å². The first kappa shape index (κ1) is 18.0. The summed E-state index contributed by atoms with van der Waals surface area (Å²) in [6.07, 6.45) is 4.72. The highest BCUT2D eigenvalue weighted by Gasteiger charge is 2.36. The van der Waals surface area contributed by atoms with Gasteiger partial charge >= 0.3 is 0 Å². The largest absolute Gasteiger partial charge is 0.372 e. The highest BCUT2D eigenvalue weighted by molar-refractivity contribution is 6.31. The van der Waals surface area contributed by atoms with Crippen LogP contribution in [0.15, 0.2) is 84.3 Å². The third-order valence-corrected chi connectivity index (χ3v) is 6.04. The van der Waals surface area contributed by atoms with Crippen LogP contribution in [-0.2, 0) is 4.79 Å². The molecule has 1 aliphatic carbocycles. The van der Waals surface area contributed by atoms with Crippen molar-refractivity contribution in [2.45, 2.75) is 24.8 Å². The Kier molecular flexibility index (Phi) is 4.57. The van der Waals surface area contributed by atoms with E-state index in [1.807, 2.05) is 60.7 Å². The molecule has 2 N–H and O–H groups in total. The number of hydrogen-bond donors (Lipinski definition) is 2. The normalized spacial score (nSPS) is 20.8. The Hall–Kier alpha value is -3.11.